The van der Waals surface area contributed by atoms with Gasteiger partial charge >= 0.3 is 0 Å². The molecule has 2 aromatic heterocycles. The first kappa shape index (κ1) is 17.2. The lowest BCUT2D eigenvalue weighted by molar-refractivity contribution is 0.0799. The Bertz CT molecular complexity index is 847. The molecule has 0 spiro atoms. The summed E-state index contributed by atoms with van der Waals surface area (Å²) in [6.07, 6.45) is 4.48. The largest absolute Gasteiger partial charge is 0.471 e. The lowest BCUT2D eigenvalue weighted by Gasteiger charge is -2.12. The summed E-state index contributed by atoms with van der Waals surface area (Å²) < 4.78 is 30.2. The molecular formula is C18H14ClF2N3O. The fourth-order valence-electron chi connectivity index (χ4n) is 2.37. The lowest BCUT2D eigenvalue weighted by atomic mass is 10.0. The van der Waals surface area contributed by atoms with Gasteiger partial charge in [-0.15, -0.1) is 0 Å². The number of rotatable bonds is 6. The van der Waals surface area contributed by atoms with E-state index < -0.39 is 13.0 Å². The summed E-state index contributed by atoms with van der Waals surface area (Å²) in [5.74, 6) is 0.149. The molecule has 0 fully saturated rings. The van der Waals surface area contributed by atoms with E-state index in [0.29, 0.717) is 17.0 Å². The van der Waals surface area contributed by atoms with Crippen LogP contribution in [0.5, 0.6) is 5.88 Å². The van der Waals surface area contributed by atoms with Crippen molar-refractivity contribution >= 4 is 11.6 Å². The molecule has 0 bridgehead atoms. The monoisotopic (exact) mass is 361 g/mol. The molecule has 0 radical (unpaired) electrons. The molecule has 0 unspecified atom stereocenters. The SMILES string of the molecule is FC(F)COc1ncc(Cc2cncnc2)cc1-c1cccc(Cl)c1. The van der Waals surface area contributed by atoms with Crippen molar-refractivity contribution in [2.45, 2.75) is 12.8 Å². The van der Waals surface area contributed by atoms with Crippen LogP contribution >= 0.6 is 11.6 Å². The number of aromatic nitrogens is 3. The predicted octanol–water partition coefficient (Wildman–Crippen LogP) is 4.43. The van der Waals surface area contributed by atoms with Crippen LogP contribution in [0.15, 0.2) is 55.2 Å². The molecule has 0 saturated carbocycles. The Morgan fingerprint density at radius 3 is 2.56 bits per heavy atom. The molecule has 128 valence electrons. The van der Waals surface area contributed by atoms with Crippen molar-refractivity contribution in [2.75, 3.05) is 6.61 Å². The molecule has 1 aromatic carbocycles. The minimum absolute atomic E-state index is 0.149. The number of halogens is 3. The van der Waals surface area contributed by atoms with Crippen molar-refractivity contribution < 1.29 is 13.5 Å². The average molecular weight is 362 g/mol. The molecule has 0 saturated heterocycles. The van der Waals surface area contributed by atoms with E-state index in [9.17, 15) is 8.78 Å². The summed E-state index contributed by atoms with van der Waals surface area (Å²) in [5, 5.41) is 0.541. The Kier molecular flexibility index (Phi) is 5.50. The van der Waals surface area contributed by atoms with Gasteiger partial charge in [0.15, 0.2) is 6.61 Å². The zero-order chi connectivity index (χ0) is 17.6. The Hall–Kier alpha value is -2.60. The van der Waals surface area contributed by atoms with Crippen molar-refractivity contribution in [3.05, 3.63) is 71.4 Å². The molecule has 4 nitrogen and oxygen atoms in total. The van der Waals surface area contributed by atoms with Crippen molar-refractivity contribution in [1.29, 1.82) is 0 Å². The Balaban J connectivity index is 1.96. The van der Waals surface area contributed by atoms with Crippen LogP contribution in [0, 0.1) is 0 Å². The Morgan fingerprint density at radius 1 is 1.04 bits per heavy atom. The van der Waals surface area contributed by atoms with E-state index in [2.05, 4.69) is 15.0 Å². The van der Waals surface area contributed by atoms with E-state index in [1.54, 1.807) is 36.8 Å². The maximum absolute atomic E-state index is 12.5. The number of hydrogen-bond acceptors (Lipinski definition) is 4. The molecular weight excluding hydrogens is 348 g/mol. The predicted molar refractivity (Wildman–Crippen MR) is 91.0 cm³/mol. The van der Waals surface area contributed by atoms with Crippen molar-refractivity contribution in [2.24, 2.45) is 0 Å². The van der Waals surface area contributed by atoms with E-state index in [1.807, 2.05) is 12.1 Å². The molecule has 0 aliphatic rings. The number of pyridine rings is 1. The van der Waals surface area contributed by atoms with Crippen LogP contribution in [0.4, 0.5) is 8.78 Å². The first-order chi connectivity index (χ1) is 12.1. The smallest absolute Gasteiger partial charge is 0.272 e. The van der Waals surface area contributed by atoms with Crippen LogP contribution in [-0.2, 0) is 6.42 Å². The Labute approximate surface area is 148 Å². The first-order valence-electron chi connectivity index (χ1n) is 7.51. The number of nitrogens with zero attached hydrogens (tertiary/aromatic N) is 3. The van der Waals surface area contributed by atoms with Crippen LogP contribution in [0.2, 0.25) is 5.02 Å². The summed E-state index contributed by atoms with van der Waals surface area (Å²) in [5.41, 5.74) is 3.16. The van der Waals surface area contributed by atoms with Gasteiger partial charge < -0.3 is 4.74 Å². The lowest BCUT2D eigenvalue weighted by Crippen LogP contribution is -2.09. The van der Waals surface area contributed by atoms with Gasteiger partial charge in [-0.05, 0) is 34.9 Å². The fourth-order valence-corrected chi connectivity index (χ4v) is 2.56. The van der Waals surface area contributed by atoms with E-state index >= 15 is 0 Å². The third-order valence-corrected chi connectivity index (χ3v) is 3.65. The molecule has 0 aliphatic heterocycles. The van der Waals surface area contributed by atoms with Crippen molar-refractivity contribution in [3.63, 3.8) is 0 Å². The van der Waals surface area contributed by atoms with Crippen LogP contribution in [0.1, 0.15) is 11.1 Å². The molecule has 0 aliphatic carbocycles. The van der Waals surface area contributed by atoms with Gasteiger partial charge in [-0.3, -0.25) is 0 Å². The number of hydrogen-bond donors (Lipinski definition) is 0. The quantitative estimate of drug-likeness (QED) is 0.651. The van der Waals surface area contributed by atoms with Gasteiger partial charge in [-0.1, -0.05) is 23.7 Å². The molecule has 7 heteroatoms. The molecule has 0 amide bonds. The Morgan fingerprint density at radius 2 is 1.84 bits per heavy atom. The molecule has 0 N–H and O–H groups in total. The second-order valence-electron chi connectivity index (χ2n) is 5.33. The summed E-state index contributed by atoms with van der Waals surface area (Å²) in [6, 6.07) is 8.94. The number of benzene rings is 1. The second kappa shape index (κ2) is 7.98. The van der Waals surface area contributed by atoms with Gasteiger partial charge in [0.25, 0.3) is 6.43 Å². The van der Waals surface area contributed by atoms with Gasteiger partial charge in [0, 0.05) is 35.6 Å². The van der Waals surface area contributed by atoms with Crippen LogP contribution < -0.4 is 4.74 Å². The minimum atomic E-state index is -2.57. The highest BCUT2D eigenvalue weighted by molar-refractivity contribution is 6.30. The van der Waals surface area contributed by atoms with Crippen LogP contribution in [-0.4, -0.2) is 28.0 Å². The maximum Gasteiger partial charge on any atom is 0.272 e. The average Bonchev–Trinajstić information content (AvgIpc) is 2.61. The fraction of sp³-hybridized carbons (Fsp3) is 0.167. The molecule has 0 atom stereocenters. The third kappa shape index (κ3) is 4.70. The van der Waals surface area contributed by atoms with E-state index in [1.165, 1.54) is 6.33 Å². The normalized spacial score (nSPS) is 10.9. The van der Waals surface area contributed by atoms with E-state index in [-0.39, 0.29) is 5.88 Å². The molecule has 2 heterocycles. The first-order valence-corrected chi connectivity index (χ1v) is 7.89. The highest BCUT2D eigenvalue weighted by atomic mass is 35.5. The molecule has 3 rings (SSSR count). The summed E-state index contributed by atoms with van der Waals surface area (Å²) >= 11 is 6.05. The summed E-state index contributed by atoms with van der Waals surface area (Å²) in [7, 11) is 0. The molecule has 25 heavy (non-hydrogen) atoms. The summed E-state index contributed by atoms with van der Waals surface area (Å²) in [6.45, 7) is -0.716. The standard InChI is InChI=1S/C18H14ClF2N3O/c19-15-3-1-2-14(6-15)16-5-12(4-13-7-22-11-23-8-13)9-24-18(16)25-10-17(20)21/h1-3,5-9,11,17H,4,10H2. The van der Waals surface area contributed by atoms with Crippen LogP contribution in [0.25, 0.3) is 11.1 Å². The highest BCUT2D eigenvalue weighted by Crippen LogP contribution is 2.31. The van der Waals surface area contributed by atoms with E-state index in [0.717, 1.165) is 16.7 Å². The van der Waals surface area contributed by atoms with Gasteiger partial charge in [-0.25, -0.2) is 23.7 Å². The minimum Gasteiger partial charge on any atom is -0.471 e. The van der Waals surface area contributed by atoms with Crippen molar-refractivity contribution in [3.8, 4) is 17.0 Å². The topological polar surface area (TPSA) is 47.9 Å². The van der Waals surface area contributed by atoms with Crippen molar-refractivity contribution in [1.82, 2.24) is 15.0 Å². The van der Waals surface area contributed by atoms with Gasteiger partial charge in [0.2, 0.25) is 5.88 Å². The van der Waals surface area contributed by atoms with Crippen LogP contribution in [0.3, 0.4) is 0 Å². The summed E-state index contributed by atoms with van der Waals surface area (Å²) in [4.78, 5) is 12.2. The second-order valence-corrected chi connectivity index (χ2v) is 5.77. The highest BCUT2D eigenvalue weighted by Gasteiger charge is 2.13. The zero-order valence-electron chi connectivity index (χ0n) is 13.1. The van der Waals surface area contributed by atoms with Gasteiger partial charge in [0.05, 0.1) is 0 Å². The maximum atomic E-state index is 12.5. The van der Waals surface area contributed by atoms with E-state index in [4.69, 9.17) is 16.3 Å². The zero-order valence-corrected chi connectivity index (χ0v) is 13.8. The third-order valence-electron chi connectivity index (χ3n) is 3.41. The van der Waals surface area contributed by atoms with Gasteiger partial charge in [-0.2, -0.15) is 0 Å². The van der Waals surface area contributed by atoms with Gasteiger partial charge in [0.1, 0.15) is 6.33 Å². The molecule has 3 aromatic rings. The number of ether oxygens (including phenoxy) is 1. The number of alkyl halides is 2.